The van der Waals surface area contributed by atoms with Gasteiger partial charge in [0.2, 0.25) is 10.0 Å². The molecule has 3 aromatic rings. The fourth-order valence-electron chi connectivity index (χ4n) is 2.86. The maximum absolute atomic E-state index is 13.9. The Balaban J connectivity index is 2.00. The maximum Gasteiger partial charge on any atom is 0.270 e. The average Bonchev–Trinajstić information content (AvgIpc) is 2.74. The molecule has 3 aromatic carbocycles. The van der Waals surface area contributed by atoms with Crippen molar-refractivity contribution in [3.63, 3.8) is 0 Å². The Morgan fingerprint density at radius 3 is 2.45 bits per heavy atom. The van der Waals surface area contributed by atoms with E-state index in [1.807, 2.05) is 0 Å². The fourth-order valence-corrected chi connectivity index (χ4v) is 3.66. The zero-order valence-corrected chi connectivity index (χ0v) is 18.8. The summed E-state index contributed by atoms with van der Waals surface area (Å²) >= 11 is 6.16. The van der Waals surface area contributed by atoms with Crippen LogP contribution in [0.25, 0.3) is 0 Å². The van der Waals surface area contributed by atoms with Crippen molar-refractivity contribution >= 4 is 33.2 Å². The van der Waals surface area contributed by atoms with Gasteiger partial charge < -0.3 is 15.2 Å². The summed E-state index contributed by atoms with van der Waals surface area (Å²) in [6.45, 7) is 0.441. The Bertz CT molecular complexity index is 1310. The second kappa shape index (κ2) is 9.44. The van der Waals surface area contributed by atoms with E-state index in [9.17, 15) is 27.1 Å². The normalized spacial score (nSPS) is 11.8. The minimum atomic E-state index is -4.00. The monoisotopic (exact) mass is 496 g/mol. The lowest BCUT2D eigenvalue weighted by atomic mass is 10.1. The van der Waals surface area contributed by atoms with E-state index in [2.05, 4.69) is 5.32 Å². The van der Waals surface area contributed by atoms with Crippen LogP contribution in [0.3, 0.4) is 0 Å². The first kappa shape index (κ1) is 24.6. The van der Waals surface area contributed by atoms with E-state index in [-0.39, 0.29) is 39.3 Å². The molecular formula is C22H19ClF2N2O5S. The van der Waals surface area contributed by atoms with Crippen LogP contribution >= 0.6 is 11.6 Å². The first-order valence-electron chi connectivity index (χ1n) is 9.42. The lowest BCUT2D eigenvalue weighted by molar-refractivity contribution is 0.0172. The molecule has 3 rings (SSSR count). The van der Waals surface area contributed by atoms with E-state index in [1.165, 1.54) is 36.4 Å². The number of ether oxygens (including phenoxy) is 1. The van der Waals surface area contributed by atoms with Crippen LogP contribution in [0, 0.1) is 0 Å². The molecule has 33 heavy (non-hydrogen) atoms. The molecular weight excluding hydrogens is 478 g/mol. The van der Waals surface area contributed by atoms with E-state index in [1.54, 1.807) is 0 Å². The first-order chi connectivity index (χ1) is 15.4. The largest absolute Gasteiger partial charge is 0.455 e. The summed E-state index contributed by atoms with van der Waals surface area (Å²) in [6.07, 6.45) is 0. The lowest BCUT2D eigenvalue weighted by Crippen LogP contribution is -2.16. The molecule has 0 fully saturated rings. The SMILES string of the molecule is CC(F)(F)c1ccc(C(=O)Nc2cccc(S(N)(=O)=O)c2)c(Oc2ccc(CO)cc2Cl)c1. The van der Waals surface area contributed by atoms with Gasteiger partial charge >= 0.3 is 0 Å². The van der Waals surface area contributed by atoms with Gasteiger partial charge in [0.25, 0.3) is 11.8 Å². The van der Waals surface area contributed by atoms with Crippen molar-refractivity contribution in [2.75, 3.05) is 5.32 Å². The van der Waals surface area contributed by atoms with Crippen molar-refractivity contribution in [3.8, 4) is 11.5 Å². The molecule has 1 amide bonds. The Kier molecular flexibility index (Phi) is 7.03. The van der Waals surface area contributed by atoms with Crippen LogP contribution in [0.2, 0.25) is 5.02 Å². The Morgan fingerprint density at radius 2 is 1.85 bits per heavy atom. The number of aliphatic hydroxyl groups is 1. The van der Waals surface area contributed by atoms with E-state index >= 15 is 0 Å². The molecule has 0 atom stereocenters. The number of alkyl halides is 2. The van der Waals surface area contributed by atoms with E-state index < -0.39 is 27.4 Å². The quantitative estimate of drug-likeness (QED) is 0.440. The minimum Gasteiger partial charge on any atom is -0.455 e. The highest BCUT2D eigenvalue weighted by Gasteiger charge is 2.27. The third-order valence-corrected chi connectivity index (χ3v) is 5.76. The topological polar surface area (TPSA) is 119 Å². The molecule has 174 valence electrons. The van der Waals surface area contributed by atoms with Crippen molar-refractivity contribution in [2.45, 2.75) is 24.3 Å². The Labute approximate surface area is 193 Å². The number of halogens is 3. The van der Waals surface area contributed by atoms with E-state index in [0.717, 1.165) is 24.3 Å². The number of carbonyl (C=O) groups excluding carboxylic acids is 1. The number of nitrogens with one attached hydrogen (secondary N) is 1. The summed E-state index contributed by atoms with van der Waals surface area (Å²) < 4.78 is 56.6. The van der Waals surface area contributed by atoms with Crippen LogP contribution < -0.4 is 15.2 Å². The van der Waals surface area contributed by atoms with Gasteiger partial charge in [0.1, 0.15) is 11.5 Å². The van der Waals surface area contributed by atoms with Crippen LogP contribution in [0.15, 0.2) is 65.6 Å². The summed E-state index contributed by atoms with van der Waals surface area (Å²) in [4.78, 5) is 12.7. The van der Waals surface area contributed by atoms with Gasteiger partial charge in [0.15, 0.2) is 0 Å². The number of primary sulfonamides is 1. The van der Waals surface area contributed by atoms with Crippen molar-refractivity contribution in [2.24, 2.45) is 5.14 Å². The number of hydrogen-bond acceptors (Lipinski definition) is 5. The molecule has 7 nitrogen and oxygen atoms in total. The third kappa shape index (κ3) is 6.05. The predicted octanol–water partition coefficient (Wildman–Crippen LogP) is 4.64. The number of hydrogen-bond donors (Lipinski definition) is 3. The number of benzene rings is 3. The van der Waals surface area contributed by atoms with Gasteiger partial charge in [-0.2, -0.15) is 0 Å². The van der Waals surface area contributed by atoms with Crippen LogP contribution in [-0.4, -0.2) is 19.4 Å². The number of rotatable bonds is 7. The predicted molar refractivity (Wildman–Crippen MR) is 119 cm³/mol. The molecule has 4 N–H and O–H groups in total. The summed E-state index contributed by atoms with van der Waals surface area (Å²) in [7, 11) is -4.00. The molecule has 0 aliphatic carbocycles. The van der Waals surface area contributed by atoms with Gasteiger partial charge in [-0.15, -0.1) is 0 Å². The molecule has 0 unspecified atom stereocenters. The van der Waals surface area contributed by atoms with Gasteiger partial charge in [-0.25, -0.2) is 22.3 Å². The molecule has 11 heteroatoms. The summed E-state index contributed by atoms with van der Waals surface area (Å²) in [6, 6.07) is 12.9. The van der Waals surface area contributed by atoms with Gasteiger partial charge in [0.05, 0.1) is 22.1 Å². The zero-order chi connectivity index (χ0) is 24.4. The van der Waals surface area contributed by atoms with Crippen molar-refractivity contribution in [1.82, 2.24) is 0 Å². The van der Waals surface area contributed by atoms with Crippen molar-refractivity contribution in [1.29, 1.82) is 0 Å². The molecule has 0 radical (unpaired) electrons. The molecule has 0 aromatic heterocycles. The number of anilines is 1. The number of amides is 1. The summed E-state index contributed by atoms with van der Waals surface area (Å²) in [5, 5.41) is 16.9. The van der Waals surface area contributed by atoms with Crippen LogP contribution in [0.5, 0.6) is 11.5 Å². The smallest absolute Gasteiger partial charge is 0.270 e. The Morgan fingerprint density at radius 1 is 1.12 bits per heavy atom. The molecule has 0 heterocycles. The van der Waals surface area contributed by atoms with Crippen molar-refractivity contribution < 1.29 is 31.8 Å². The molecule has 0 bridgehead atoms. The molecule has 0 saturated heterocycles. The average molecular weight is 497 g/mol. The molecule has 0 saturated carbocycles. The Hall–Kier alpha value is -3.05. The highest BCUT2D eigenvalue weighted by Crippen LogP contribution is 2.36. The second-order valence-corrected chi connectivity index (χ2v) is 9.12. The lowest BCUT2D eigenvalue weighted by Gasteiger charge is -2.17. The molecule has 0 aliphatic rings. The summed E-state index contributed by atoms with van der Waals surface area (Å²) in [5.41, 5.74) is 0.126. The highest BCUT2D eigenvalue weighted by atomic mass is 35.5. The van der Waals surface area contributed by atoms with Gasteiger partial charge in [0, 0.05) is 18.2 Å². The van der Waals surface area contributed by atoms with Gasteiger partial charge in [-0.1, -0.05) is 29.8 Å². The molecule has 0 aliphatic heterocycles. The second-order valence-electron chi connectivity index (χ2n) is 7.15. The number of aliphatic hydroxyl groups excluding tert-OH is 1. The molecule has 0 spiro atoms. The minimum absolute atomic E-state index is 0.0794. The number of sulfonamides is 1. The third-order valence-electron chi connectivity index (χ3n) is 4.55. The zero-order valence-electron chi connectivity index (χ0n) is 17.2. The summed E-state index contributed by atoms with van der Waals surface area (Å²) in [5.74, 6) is -4.07. The first-order valence-corrected chi connectivity index (χ1v) is 11.3. The number of carbonyl (C=O) groups is 1. The van der Waals surface area contributed by atoms with Crippen molar-refractivity contribution in [3.05, 3.63) is 82.4 Å². The maximum atomic E-state index is 13.9. The van der Waals surface area contributed by atoms with Crippen LogP contribution in [-0.2, 0) is 22.6 Å². The van der Waals surface area contributed by atoms with Gasteiger partial charge in [-0.3, -0.25) is 4.79 Å². The van der Waals surface area contributed by atoms with Crippen LogP contribution in [0.4, 0.5) is 14.5 Å². The highest BCUT2D eigenvalue weighted by molar-refractivity contribution is 7.89. The van der Waals surface area contributed by atoms with E-state index in [4.69, 9.17) is 21.5 Å². The van der Waals surface area contributed by atoms with Gasteiger partial charge in [-0.05, 0) is 48.0 Å². The van der Waals surface area contributed by atoms with E-state index in [0.29, 0.717) is 12.5 Å². The fraction of sp³-hybridized carbons (Fsp3) is 0.136. The standard InChI is InChI=1S/C22H19ClF2N2O5S/c1-22(24,25)14-6-7-17(20(10-14)32-19-8-5-13(12-28)9-18(19)23)21(29)27-15-3-2-4-16(11-15)33(26,30)31/h2-11,28H,12H2,1H3,(H,27,29)(H2,26,30,31). The number of nitrogens with two attached hydrogens (primary N) is 1. The van der Waals surface area contributed by atoms with Crippen LogP contribution in [0.1, 0.15) is 28.4 Å².